The molecule has 3 nitrogen and oxygen atoms in total. The minimum Gasteiger partial charge on any atom is -0.398 e. The minimum absolute atomic E-state index is 0.165. The molecule has 0 aliphatic carbocycles. The van der Waals surface area contributed by atoms with Crippen LogP contribution in [0.3, 0.4) is 0 Å². The van der Waals surface area contributed by atoms with Crippen LogP contribution in [0.1, 0.15) is 5.56 Å². The Kier molecular flexibility index (Phi) is 4.04. The third-order valence-corrected chi connectivity index (χ3v) is 4.94. The van der Waals surface area contributed by atoms with Crippen LogP contribution in [0.4, 0.5) is 5.69 Å². The molecule has 0 spiro atoms. The summed E-state index contributed by atoms with van der Waals surface area (Å²) in [5.74, 6) is 0.773. The zero-order chi connectivity index (χ0) is 11.5. The molecule has 0 aliphatic heterocycles. The number of nitrogen functional groups attached to an aromatic ring is 1. The molecule has 0 aliphatic rings. The number of sulfone groups is 1. The summed E-state index contributed by atoms with van der Waals surface area (Å²) in [4.78, 5) is 0.358. The maximum absolute atomic E-state index is 11.9. The van der Waals surface area contributed by atoms with Gasteiger partial charge in [0.1, 0.15) is 0 Å². The molecular formula is C10H15NO2S2. The highest BCUT2D eigenvalue weighted by Crippen LogP contribution is 2.21. The Hall–Kier alpha value is -0.680. The molecule has 0 radical (unpaired) electrons. The average molecular weight is 245 g/mol. The number of anilines is 1. The lowest BCUT2D eigenvalue weighted by atomic mass is 10.2. The van der Waals surface area contributed by atoms with Crippen molar-refractivity contribution in [3.05, 3.63) is 23.8 Å². The maximum Gasteiger partial charge on any atom is 0.179 e. The quantitative estimate of drug-likeness (QED) is 0.820. The zero-order valence-electron chi connectivity index (χ0n) is 8.86. The van der Waals surface area contributed by atoms with Gasteiger partial charge in [-0.3, -0.25) is 0 Å². The highest BCUT2D eigenvalue weighted by molar-refractivity contribution is 8.00. The second-order valence-corrected chi connectivity index (χ2v) is 6.35. The molecule has 0 atom stereocenters. The highest BCUT2D eigenvalue weighted by atomic mass is 32.2. The van der Waals surface area contributed by atoms with E-state index >= 15 is 0 Å². The predicted molar refractivity (Wildman–Crippen MR) is 66.0 cm³/mol. The first-order chi connectivity index (χ1) is 6.99. The molecule has 0 saturated heterocycles. The fourth-order valence-corrected chi connectivity index (χ4v) is 3.91. The van der Waals surface area contributed by atoms with Crippen LogP contribution in [-0.2, 0) is 9.84 Å². The Bertz CT molecular complexity index is 441. The number of thioether (sulfide) groups is 1. The third kappa shape index (κ3) is 2.89. The number of rotatable bonds is 4. The lowest BCUT2D eigenvalue weighted by molar-refractivity contribution is 0.597. The van der Waals surface area contributed by atoms with E-state index in [2.05, 4.69) is 0 Å². The van der Waals surface area contributed by atoms with Crippen molar-refractivity contribution in [3.63, 3.8) is 0 Å². The molecule has 0 fully saturated rings. The van der Waals surface area contributed by atoms with Gasteiger partial charge in [-0.2, -0.15) is 11.8 Å². The average Bonchev–Trinajstić information content (AvgIpc) is 2.19. The fourth-order valence-electron chi connectivity index (χ4n) is 1.27. The van der Waals surface area contributed by atoms with E-state index in [-0.39, 0.29) is 5.75 Å². The van der Waals surface area contributed by atoms with Crippen molar-refractivity contribution in [2.75, 3.05) is 23.5 Å². The third-order valence-electron chi connectivity index (χ3n) is 2.22. The summed E-state index contributed by atoms with van der Waals surface area (Å²) < 4.78 is 23.8. The van der Waals surface area contributed by atoms with Crippen molar-refractivity contribution in [1.29, 1.82) is 0 Å². The van der Waals surface area contributed by atoms with Gasteiger partial charge >= 0.3 is 0 Å². The topological polar surface area (TPSA) is 60.2 Å². The summed E-state index contributed by atoms with van der Waals surface area (Å²) in [6, 6.07) is 5.00. The molecule has 15 heavy (non-hydrogen) atoms. The van der Waals surface area contributed by atoms with E-state index in [0.717, 1.165) is 0 Å². The van der Waals surface area contributed by atoms with Gasteiger partial charge in [0.15, 0.2) is 9.84 Å². The second kappa shape index (κ2) is 4.90. The predicted octanol–water partition coefficient (Wildman–Crippen LogP) is 1.71. The van der Waals surface area contributed by atoms with E-state index in [9.17, 15) is 8.42 Å². The lowest BCUT2D eigenvalue weighted by Gasteiger charge is -2.08. The first kappa shape index (κ1) is 12.4. The van der Waals surface area contributed by atoms with Gasteiger partial charge in [-0.15, -0.1) is 0 Å². The van der Waals surface area contributed by atoms with E-state index in [4.69, 9.17) is 5.73 Å². The van der Waals surface area contributed by atoms with Gasteiger partial charge in [-0.1, -0.05) is 6.07 Å². The number of hydrogen-bond acceptors (Lipinski definition) is 4. The summed E-state index contributed by atoms with van der Waals surface area (Å²) in [6.07, 6.45) is 1.89. The highest BCUT2D eigenvalue weighted by Gasteiger charge is 2.17. The molecule has 1 aromatic rings. The monoisotopic (exact) mass is 245 g/mol. The van der Waals surface area contributed by atoms with Gasteiger partial charge in [0.2, 0.25) is 0 Å². The van der Waals surface area contributed by atoms with Crippen LogP contribution < -0.4 is 5.73 Å². The molecule has 0 bridgehead atoms. The van der Waals surface area contributed by atoms with Crippen molar-refractivity contribution in [1.82, 2.24) is 0 Å². The van der Waals surface area contributed by atoms with E-state index in [1.165, 1.54) is 11.8 Å². The second-order valence-electron chi connectivity index (χ2n) is 3.28. The summed E-state index contributed by atoms with van der Waals surface area (Å²) in [6.45, 7) is 1.74. The Morgan fingerprint density at radius 1 is 1.40 bits per heavy atom. The van der Waals surface area contributed by atoms with Gasteiger partial charge in [-0.25, -0.2) is 8.42 Å². The summed E-state index contributed by atoms with van der Waals surface area (Å²) in [7, 11) is -3.18. The molecule has 2 N–H and O–H groups in total. The molecular weight excluding hydrogens is 230 g/mol. The molecule has 0 amide bonds. The van der Waals surface area contributed by atoms with E-state index in [0.29, 0.717) is 21.9 Å². The Balaban J connectivity index is 3.10. The van der Waals surface area contributed by atoms with Crippen molar-refractivity contribution in [3.8, 4) is 0 Å². The molecule has 0 heterocycles. The normalized spacial score (nSPS) is 11.6. The lowest BCUT2D eigenvalue weighted by Crippen LogP contribution is -2.11. The van der Waals surface area contributed by atoms with Crippen LogP contribution in [0.25, 0.3) is 0 Å². The molecule has 0 unspecified atom stereocenters. The molecule has 84 valence electrons. The molecule has 0 saturated carbocycles. The Labute approximate surface area is 95.0 Å². The van der Waals surface area contributed by atoms with E-state index in [1.807, 2.05) is 6.26 Å². The van der Waals surface area contributed by atoms with Gasteiger partial charge in [0.05, 0.1) is 10.6 Å². The van der Waals surface area contributed by atoms with Gasteiger partial charge in [0, 0.05) is 11.4 Å². The van der Waals surface area contributed by atoms with Crippen molar-refractivity contribution in [2.24, 2.45) is 0 Å². The van der Waals surface area contributed by atoms with E-state index in [1.54, 1.807) is 25.1 Å². The first-order valence-electron chi connectivity index (χ1n) is 4.56. The number of hydrogen-bond donors (Lipinski definition) is 1. The Morgan fingerprint density at radius 2 is 2.07 bits per heavy atom. The maximum atomic E-state index is 11.9. The molecule has 0 aromatic heterocycles. The molecule has 1 rings (SSSR count). The van der Waals surface area contributed by atoms with Crippen LogP contribution >= 0.6 is 11.8 Å². The SMILES string of the molecule is CSCCS(=O)(=O)c1cccc(N)c1C. The number of benzene rings is 1. The minimum atomic E-state index is -3.18. The smallest absolute Gasteiger partial charge is 0.179 e. The Morgan fingerprint density at radius 3 is 2.67 bits per heavy atom. The van der Waals surface area contributed by atoms with E-state index < -0.39 is 9.84 Å². The van der Waals surface area contributed by atoms with Crippen LogP contribution in [0, 0.1) is 6.92 Å². The molecule has 1 aromatic carbocycles. The van der Waals surface area contributed by atoms with Crippen molar-refractivity contribution < 1.29 is 8.42 Å². The zero-order valence-corrected chi connectivity index (χ0v) is 10.5. The van der Waals surface area contributed by atoms with Gasteiger partial charge in [-0.05, 0) is 30.9 Å². The van der Waals surface area contributed by atoms with Crippen LogP contribution in [0.2, 0.25) is 0 Å². The largest absolute Gasteiger partial charge is 0.398 e. The summed E-state index contributed by atoms with van der Waals surface area (Å²) in [5.41, 5.74) is 6.86. The van der Waals surface area contributed by atoms with Crippen molar-refractivity contribution >= 4 is 27.3 Å². The summed E-state index contributed by atoms with van der Waals surface area (Å²) in [5, 5.41) is 0. The molecule has 5 heteroatoms. The fraction of sp³-hybridized carbons (Fsp3) is 0.400. The van der Waals surface area contributed by atoms with Crippen LogP contribution in [-0.4, -0.2) is 26.2 Å². The van der Waals surface area contributed by atoms with Crippen LogP contribution in [0.15, 0.2) is 23.1 Å². The van der Waals surface area contributed by atoms with Gasteiger partial charge < -0.3 is 5.73 Å². The van der Waals surface area contributed by atoms with Crippen molar-refractivity contribution in [2.45, 2.75) is 11.8 Å². The van der Waals surface area contributed by atoms with Crippen LogP contribution in [0.5, 0.6) is 0 Å². The standard InChI is InChI=1S/C10H15NO2S2/c1-8-9(11)4-3-5-10(8)15(12,13)7-6-14-2/h3-5H,6-7,11H2,1-2H3. The first-order valence-corrected chi connectivity index (χ1v) is 7.60. The number of nitrogens with two attached hydrogens (primary N) is 1. The van der Waals surface area contributed by atoms with Gasteiger partial charge in [0.25, 0.3) is 0 Å². The summed E-state index contributed by atoms with van der Waals surface area (Å²) >= 11 is 1.52.